The van der Waals surface area contributed by atoms with E-state index in [1.165, 1.54) is 32.0 Å². The Hall–Kier alpha value is -2.96. The molecule has 0 bridgehead atoms. The van der Waals surface area contributed by atoms with E-state index in [4.69, 9.17) is 37.9 Å². The zero-order chi connectivity index (χ0) is 32.0. The van der Waals surface area contributed by atoms with Gasteiger partial charge in [0.25, 0.3) is 0 Å². The summed E-state index contributed by atoms with van der Waals surface area (Å²) in [6, 6.07) is 3.84. The van der Waals surface area contributed by atoms with E-state index < -0.39 is 89.6 Å². The first kappa shape index (κ1) is 32.4. The number of carbonyl (C=O) groups is 2. The molecule has 16 nitrogen and oxygen atoms in total. The number of hydrogen-bond donors (Lipinski definition) is 3. The van der Waals surface area contributed by atoms with Crippen molar-refractivity contribution in [1.29, 1.82) is 0 Å². The number of rotatable bonds is 8. The molecule has 16 heteroatoms. The fourth-order valence-corrected chi connectivity index (χ4v) is 5.89. The van der Waals surface area contributed by atoms with Crippen LogP contribution in [0.5, 0.6) is 5.75 Å². The molecule has 4 heterocycles. The van der Waals surface area contributed by atoms with E-state index in [2.05, 4.69) is 10.6 Å². The molecule has 0 radical (unpaired) electrons. The number of benzene rings is 1. The number of ether oxygens (including phenoxy) is 8. The third-order valence-corrected chi connectivity index (χ3v) is 7.64. The van der Waals surface area contributed by atoms with Crippen molar-refractivity contribution in [2.75, 3.05) is 13.2 Å². The van der Waals surface area contributed by atoms with Crippen molar-refractivity contribution in [2.24, 2.45) is 0 Å². The molecule has 4 aliphatic heterocycles. The lowest BCUT2D eigenvalue weighted by Gasteiger charge is -2.50. The van der Waals surface area contributed by atoms with E-state index in [0.717, 1.165) is 0 Å². The Labute approximate surface area is 253 Å². The Bertz CT molecular complexity index is 1240. The van der Waals surface area contributed by atoms with Gasteiger partial charge < -0.3 is 53.6 Å². The molecule has 44 heavy (non-hydrogen) atoms. The second-order valence-corrected chi connectivity index (χ2v) is 12.1. The van der Waals surface area contributed by atoms with Gasteiger partial charge in [0.2, 0.25) is 18.1 Å². The van der Waals surface area contributed by atoms with Gasteiger partial charge in [-0.25, -0.2) is 0 Å². The number of aliphatic hydroxyl groups is 1. The number of aliphatic hydroxyl groups excluding tert-OH is 1. The average molecular weight is 626 g/mol. The van der Waals surface area contributed by atoms with E-state index in [9.17, 15) is 24.8 Å². The monoisotopic (exact) mass is 625 g/mol. The van der Waals surface area contributed by atoms with Crippen molar-refractivity contribution in [1.82, 2.24) is 10.6 Å². The Morgan fingerprint density at radius 3 is 2.27 bits per heavy atom. The summed E-state index contributed by atoms with van der Waals surface area (Å²) < 4.78 is 48.5. The van der Waals surface area contributed by atoms with Crippen LogP contribution in [0.3, 0.4) is 0 Å². The van der Waals surface area contributed by atoms with E-state index in [1.807, 2.05) is 0 Å². The number of para-hydroxylation sites is 2. The van der Waals surface area contributed by atoms with Gasteiger partial charge in [0.1, 0.15) is 48.7 Å². The Kier molecular flexibility index (Phi) is 9.17. The van der Waals surface area contributed by atoms with Crippen molar-refractivity contribution in [2.45, 2.75) is 114 Å². The first-order valence-corrected chi connectivity index (χ1v) is 14.4. The molecule has 244 valence electrons. The lowest BCUT2D eigenvalue weighted by atomic mass is 9.95. The first-order valence-electron chi connectivity index (χ1n) is 14.4. The Morgan fingerprint density at radius 1 is 0.955 bits per heavy atom. The zero-order valence-electron chi connectivity index (χ0n) is 25.3. The standard InChI is InChI=1S/C28H39N3O13/c1-13(32)29-19-21(34)22-18(12-38-27(3,4)42-22)40-25(19)37-11-17-23-24(44-28(5,6)43-23)20(30-14(2)33)26(41-17)39-16-10-8-7-9-15(16)31(35)36/h7-10,17-26,34H,11-12H2,1-6H3,(H,29,32)(H,30,33)/t17-,18-,19-,20-,21-,22-,23+,24-,25-,26+/m1/s1. The fourth-order valence-electron chi connectivity index (χ4n) is 5.89. The maximum absolute atomic E-state index is 12.2. The predicted molar refractivity (Wildman–Crippen MR) is 147 cm³/mol. The van der Waals surface area contributed by atoms with Crippen LogP contribution in [0.4, 0.5) is 5.69 Å². The molecule has 0 unspecified atom stereocenters. The number of nitrogens with zero attached hydrogens (tertiary/aromatic N) is 1. The highest BCUT2D eigenvalue weighted by atomic mass is 16.8. The molecule has 5 rings (SSSR count). The van der Waals surface area contributed by atoms with Crippen molar-refractivity contribution in [3.05, 3.63) is 34.4 Å². The number of nitrogens with one attached hydrogen (secondary N) is 2. The topological polar surface area (TPSA) is 195 Å². The van der Waals surface area contributed by atoms with Crippen LogP contribution in [0.25, 0.3) is 0 Å². The van der Waals surface area contributed by atoms with E-state index >= 15 is 0 Å². The molecule has 0 aromatic heterocycles. The van der Waals surface area contributed by atoms with Crippen molar-refractivity contribution < 1.29 is 57.5 Å². The molecule has 4 aliphatic rings. The van der Waals surface area contributed by atoms with Gasteiger partial charge in [0, 0.05) is 19.9 Å². The quantitative estimate of drug-likeness (QED) is 0.267. The Balaban J connectivity index is 1.39. The summed E-state index contributed by atoms with van der Waals surface area (Å²) >= 11 is 0. The summed E-state index contributed by atoms with van der Waals surface area (Å²) in [6.45, 7) is 9.35. The molecule has 1 aromatic carbocycles. The van der Waals surface area contributed by atoms with Gasteiger partial charge in [0.05, 0.1) is 18.1 Å². The van der Waals surface area contributed by atoms with Crippen LogP contribution in [-0.4, -0.2) is 108 Å². The number of carbonyl (C=O) groups excluding carboxylic acids is 2. The lowest BCUT2D eigenvalue weighted by molar-refractivity contribution is -0.386. The SMILES string of the molecule is CC(=O)N[C@H]1[C@H](OC[C@H]2O[C@H](Oc3ccccc3[N+](=O)[O-])[C@H](NC(C)=O)[C@H]3OC(C)(C)O[C@H]32)O[C@@H]2COC(C)(C)O[C@H]2[C@@H]1O. The minimum absolute atomic E-state index is 0.0788. The maximum Gasteiger partial charge on any atom is 0.311 e. The van der Waals surface area contributed by atoms with Gasteiger partial charge in [-0.05, 0) is 33.8 Å². The van der Waals surface area contributed by atoms with Crippen LogP contribution in [0.1, 0.15) is 41.5 Å². The summed E-state index contributed by atoms with van der Waals surface area (Å²) in [4.78, 5) is 35.4. The summed E-state index contributed by atoms with van der Waals surface area (Å²) in [5.74, 6) is -2.96. The van der Waals surface area contributed by atoms with Gasteiger partial charge in [-0.1, -0.05) is 12.1 Å². The van der Waals surface area contributed by atoms with Crippen LogP contribution in [0, 0.1) is 10.1 Å². The van der Waals surface area contributed by atoms with Crippen molar-refractivity contribution in [3.8, 4) is 5.75 Å². The highest BCUT2D eigenvalue weighted by Crippen LogP contribution is 2.40. The summed E-state index contributed by atoms with van der Waals surface area (Å²) in [5, 5.41) is 28.3. The number of hydrogen-bond acceptors (Lipinski definition) is 13. The zero-order valence-corrected chi connectivity index (χ0v) is 25.3. The number of nitro groups is 1. The normalized spacial score (nSPS) is 37.2. The number of amides is 2. The maximum atomic E-state index is 12.2. The van der Waals surface area contributed by atoms with Crippen LogP contribution in [-0.2, 0) is 42.7 Å². The van der Waals surface area contributed by atoms with Crippen molar-refractivity contribution >= 4 is 17.5 Å². The first-order chi connectivity index (χ1) is 20.6. The molecule has 0 aliphatic carbocycles. The molecule has 3 N–H and O–H groups in total. The molecule has 10 atom stereocenters. The van der Waals surface area contributed by atoms with Gasteiger partial charge in [-0.2, -0.15) is 0 Å². The van der Waals surface area contributed by atoms with E-state index in [-0.39, 0.29) is 24.7 Å². The summed E-state index contributed by atoms with van der Waals surface area (Å²) in [5.41, 5.74) is -0.297. The van der Waals surface area contributed by atoms with Crippen LogP contribution in [0.15, 0.2) is 24.3 Å². The minimum Gasteiger partial charge on any atom is -0.455 e. The second-order valence-electron chi connectivity index (χ2n) is 12.1. The molecule has 1 aromatic rings. The highest BCUT2D eigenvalue weighted by molar-refractivity contribution is 5.73. The minimum atomic E-state index is -1.26. The third kappa shape index (κ3) is 6.97. The van der Waals surface area contributed by atoms with Crippen LogP contribution >= 0.6 is 0 Å². The van der Waals surface area contributed by atoms with Gasteiger partial charge in [-0.15, -0.1) is 0 Å². The molecule has 0 saturated carbocycles. The number of nitro benzene ring substituents is 1. The van der Waals surface area contributed by atoms with E-state index in [1.54, 1.807) is 33.8 Å². The highest BCUT2D eigenvalue weighted by Gasteiger charge is 2.57. The summed E-state index contributed by atoms with van der Waals surface area (Å²) in [7, 11) is 0. The lowest BCUT2D eigenvalue weighted by Crippen LogP contribution is -2.69. The van der Waals surface area contributed by atoms with Gasteiger partial charge >= 0.3 is 5.69 Å². The smallest absolute Gasteiger partial charge is 0.311 e. The third-order valence-electron chi connectivity index (χ3n) is 7.64. The molecule has 2 amide bonds. The summed E-state index contributed by atoms with van der Waals surface area (Å²) in [6.07, 6.45) is -7.60. The molecular formula is C28H39N3O13. The average Bonchev–Trinajstić information content (AvgIpc) is 3.26. The molecule has 0 spiro atoms. The number of fused-ring (bicyclic) bond motifs is 2. The van der Waals surface area contributed by atoms with E-state index in [0.29, 0.717) is 0 Å². The van der Waals surface area contributed by atoms with Gasteiger partial charge in [0.15, 0.2) is 23.6 Å². The largest absolute Gasteiger partial charge is 0.455 e. The molecule has 4 saturated heterocycles. The fraction of sp³-hybridized carbons (Fsp3) is 0.714. The van der Waals surface area contributed by atoms with Crippen LogP contribution in [0.2, 0.25) is 0 Å². The Morgan fingerprint density at radius 2 is 1.59 bits per heavy atom. The van der Waals surface area contributed by atoms with Crippen LogP contribution < -0.4 is 15.4 Å². The molecule has 4 fully saturated rings. The van der Waals surface area contributed by atoms with Crippen molar-refractivity contribution in [3.63, 3.8) is 0 Å². The predicted octanol–water partition coefficient (Wildman–Crippen LogP) is 0.482. The molecular weight excluding hydrogens is 586 g/mol. The van der Waals surface area contributed by atoms with Gasteiger partial charge in [-0.3, -0.25) is 19.7 Å². The second kappa shape index (κ2) is 12.4.